The van der Waals surface area contributed by atoms with Gasteiger partial charge in [0.05, 0.1) is 6.20 Å². The fourth-order valence-corrected chi connectivity index (χ4v) is 2.59. The van der Waals surface area contributed by atoms with E-state index in [2.05, 4.69) is 10.3 Å². The number of amides is 2. The van der Waals surface area contributed by atoms with Crippen LogP contribution in [0, 0.1) is 17.6 Å². The second-order valence-electron chi connectivity index (χ2n) is 5.54. The van der Waals surface area contributed by atoms with Crippen molar-refractivity contribution < 1.29 is 18.4 Å². The lowest BCUT2D eigenvalue weighted by molar-refractivity contribution is -0.128. The molecule has 1 N–H and O–H groups in total. The fourth-order valence-electron chi connectivity index (χ4n) is 2.59. The summed E-state index contributed by atoms with van der Waals surface area (Å²) in [5.41, 5.74) is -0.431. The molecule has 0 bridgehead atoms. The molecular formula is C14H15F2N3O2. The molecule has 5 nitrogen and oxygen atoms in total. The van der Waals surface area contributed by atoms with Crippen molar-refractivity contribution in [2.45, 2.75) is 25.3 Å². The van der Waals surface area contributed by atoms with Crippen LogP contribution in [0.4, 0.5) is 8.78 Å². The average Bonchev–Trinajstić information content (AvgIpc) is 3.20. The van der Waals surface area contributed by atoms with Crippen molar-refractivity contribution in [1.29, 1.82) is 0 Å². The predicted molar refractivity (Wildman–Crippen MR) is 69.3 cm³/mol. The Morgan fingerprint density at radius 1 is 1.43 bits per heavy atom. The van der Waals surface area contributed by atoms with Gasteiger partial charge in [-0.1, -0.05) is 0 Å². The lowest BCUT2D eigenvalue weighted by Crippen LogP contribution is -2.32. The number of aromatic nitrogens is 1. The molecule has 1 aromatic rings. The summed E-state index contributed by atoms with van der Waals surface area (Å²) in [6.45, 7) is 0.912. The molecule has 1 aliphatic heterocycles. The van der Waals surface area contributed by atoms with E-state index in [9.17, 15) is 18.4 Å². The number of nitrogens with zero attached hydrogens (tertiary/aromatic N) is 2. The highest BCUT2D eigenvalue weighted by Gasteiger charge is 2.39. The van der Waals surface area contributed by atoms with Gasteiger partial charge in [0, 0.05) is 37.5 Å². The van der Waals surface area contributed by atoms with Gasteiger partial charge in [0.1, 0.15) is 5.82 Å². The van der Waals surface area contributed by atoms with E-state index in [1.165, 1.54) is 0 Å². The summed E-state index contributed by atoms with van der Waals surface area (Å²) in [5.74, 6) is -2.36. The van der Waals surface area contributed by atoms with Gasteiger partial charge in [0.25, 0.3) is 5.91 Å². The Hall–Kier alpha value is -2.05. The lowest BCUT2D eigenvalue weighted by Gasteiger charge is -2.15. The van der Waals surface area contributed by atoms with Crippen molar-refractivity contribution in [2.24, 2.45) is 5.92 Å². The predicted octanol–water partition coefficient (Wildman–Crippen LogP) is 1.10. The second-order valence-corrected chi connectivity index (χ2v) is 5.54. The van der Waals surface area contributed by atoms with Crippen LogP contribution in [-0.4, -0.2) is 40.8 Å². The molecule has 0 radical (unpaired) electrons. The molecule has 1 unspecified atom stereocenters. The Bertz CT molecular complexity index is 590. The Morgan fingerprint density at radius 2 is 2.19 bits per heavy atom. The number of rotatable bonds is 4. The fraction of sp³-hybridized carbons (Fsp3) is 0.500. The molecule has 0 spiro atoms. The van der Waals surface area contributed by atoms with Gasteiger partial charge in [-0.05, 0) is 12.8 Å². The number of pyridine rings is 1. The van der Waals surface area contributed by atoms with Crippen molar-refractivity contribution in [3.8, 4) is 0 Å². The second kappa shape index (κ2) is 5.38. The lowest BCUT2D eigenvalue weighted by atomic mass is 10.1. The van der Waals surface area contributed by atoms with Gasteiger partial charge in [0.2, 0.25) is 5.91 Å². The first-order chi connectivity index (χ1) is 10.0. The van der Waals surface area contributed by atoms with Crippen LogP contribution in [0.3, 0.4) is 0 Å². The highest BCUT2D eigenvalue weighted by atomic mass is 19.1. The summed E-state index contributed by atoms with van der Waals surface area (Å²) in [6.07, 6.45) is 3.30. The summed E-state index contributed by atoms with van der Waals surface area (Å²) < 4.78 is 26.1. The van der Waals surface area contributed by atoms with E-state index in [1.54, 1.807) is 0 Å². The zero-order valence-corrected chi connectivity index (χ0v) is 11.3. The van der Waals surface area contributed by atoms with E-state index >= 15 is 0 Å². The number of carbonyl (C=O) groups excluding carboxylic acids is 2. The maximum Gasteiger partial charge on any atom is 0.272 e. The highest BCUT2D eigenvalue weighted by molar-refractivity contribution is 5.92. The third-order valence-electron chi connectivity index (χ3n) is 3.80. The summed E-state index contributed by atoms with van der Waals surface area (Å²) in [4.78, 5) is 28.9. The summed E-state index contributed by atoms with van der Waals surface area (Å²) >= 11 is 0. The van der Waals surface area contributed by atoms with E-state index in [-0.39, 0.29) is 18.4 Å². The Labute approximate surface area is 120 Å². The molecule has 2 aliphatic rings. The molecule has 112 valence electrons. The number of halogens is 2. The van der Waals surface area contributed by atoms with Crippen LogP contribution in [0.15, 0.2) is 12.3 Å². The van der Waals surface area contributed by atoms with E-state index < -0.39 is 23.2 Å². The van der Waals surface area contributed by atoms with Crippen LogP contribution < -0.4 is 5.32 Å². The topological polar surface area (TPSA) is 62.3 Å². The summed E-state index contributed by atoms with van der Waals surface area (Å²) in [7, 11) is 0. The van der Waals surface area contributed by atoms with E-state index in [0.717, 1.165) is 19.0 Å². The normalized spacial score (nSPS) is 21.7. The first-order valence-corrected chi connectivity index (χ1v) is 6.93. The third-order valence-corrected chi connectivity index (χ3v) is 3.80. The molecule has 2 amide bonds. The maximum atomic E-state index is 13.4. The Kier molecular flexibility index (Phi) is 3.57. The van der Waals surface area contributed by atoms with Crippen LogP contribution in [0.25, 0.3) is 0 Å². The molecule has 2 fully saturated rings. The number of carbonyl (C=O) groups is 2. The number of likely N-dealkylation sites (tertiary alicyclic amines) is 1. The summed E-state index contributed by atoms with van der Waals surface area (Å²) in [5, 5.41) is 2.56. The number of hydrogen-bond donors (Lipinski definition) is 1. The van der Waals surface area contributed by atoms with Crippen molar-refractivity contribution in [1.82, 2.24) is 15.2 Å². The van der Waals surface area contributed by atoms with Gasteiger partial charge in [0.15, 0.2) is 11.5 Å². The van der Waals surface area contributed by atoms with Gasteiger partial charge >= 0.3 is 0 Å². The van der Waals surface area contributed by atoms with Crippen molar-refractivity contribution in [3.05, 3.63) is 29.6 Å². The Balaban J connectivity index is 1.55. The minimum absolute atomic E-state index is 0.0329. The first kappa shape index (κ1) is 13.9. The van der Waals surface area contributed by atoms with E-state index in [0.29, 0.717) is 25.1 Å². The molecule has 1 aliphatic carbocycles. The van der Waals surface area contributed by atoms with Gasteiger partial charge in [-0.3, -0.25) is 9.59 Å². The third kappa shape index (κ3) is 3.01. The molecule has 0 aromatic carbocycles. The minimum Gasteiger partial charge on any atom is -0.350 e. The van der Waals surface area contributed by atoms with Gasteiger partial charge in [-0.15, -0.1) is 0 Å². The van der Waals surface area contributed by atoms with Crippen molar-refractivity contribution in [2.75, 3.05) is 13.1 Å². The quantitative estimate of drug-likeness (QED) is 0.905. The number of hydrogen-bond acceptors (Lipinski definition) is 3. The molecule has 7 heteroatoms. The Morgan fingerprint density at radius 3 is 2.86 bits per heavy atom. The highest BCUT2D eigenvalue weighted by Crippen LogP contribution is 2.32. The van der Waals surface area contributed by atoms with Crippen LogP contribution in [-0.2, 0) is 4.79 Å². The molecule has 2 heterocycles. The zero-order chi connectivity index (χ0) is 15.0. The van der Waals surface area contributed by atoms with Gasteiger partial charge in [-0.25, -0.2) is 13.8 Å². The minimum atomic E-state index is -0.991. The number of nitrogens with one attached hydrogen (secondary N) is 1. The SMILES string of the molecule is O=C(NCC1CC(=O)N(C2CC2)C1)c1ncc(F)cc1F. The molecule has 1 saturated carbocycles. The molecule has 3 rings (SSSR count). The molecule has 1 atom stereocenters. The molecular weight excluding hydrogens is 280 g/mol. The van der Waals surface area contributed by atoms with Crippen LogP contribution in [0.2, 0.25) is 0 Å². The zero-order valence-electron chi connectivity index (χ0n) is 11.3. The van der Waals surface area contributed by atoms with Gasteiger partial charge < -0.3 is 10.2 Å². The molecule has 21 heavy (non-hydrogen) atoms. The van der Waals surface area contributed by atoms with Gasteiger partial charge in [-0.2, -0.15) is 0 Å². The standard InChI is InChI=1S/C14H15F2N3O2/c15-9-4-11(16)13(17-6-9)14(21)18-5-8-3-12(20)19(7-8)10-1-2-10/h4,6,8,10H,1-3,5,7H2,(H,18,21). The summed E-state index contributed by atoms with van der Waals surface area (Å²) in [6, 6.07) is 0.991. The van der Waals surface area contributed by atoms with Crippen LogP contribution in [0.1, 0.15) is 29.8 Å². The van der Waals surface area contributed by atoms with Crippen molar-refractivity contribution >= 4 is 11.8 Å². The largest absolute Gasteiger partial charge is 0.350 e. The van der Waals surface area contributed by atoms with Crippen molar-refractivity contribution in [3.63, 3.8) is 0 Å². The van der Waals surface area contributed by atoms with Crippen LogP contribution >= 0.6 is 0 Å². The van der Waals surface area contributed by atoms with E-state index in [4.69, 9.17) is 0 Å². The monoisotopic (exact) mass is 295 g/mol. The molecule has 1 saturated heterocycles. The smallest absolute Gasteiger partial charge is 0.272 e. The van der Waals surface area contributed by atoms with E-state index in [1.807, 2.05) is 4.90 Å². The first-order valence-electron chi connectivity index (χ1n) is 6.93. The molecule has 1 aromatic heterocycles. The average molecular weight is 295 g/mol. The maximum absolute atomic E-state index is 13.4. The van der Waals surface area contributed by atoms with Crippen LogP contribution in [0.5, 0.6) is 0 Å².